The number of anilines is 1. The predicted molar refractivity (Wildman–Crippen MR) is 81.3 cm³/mol. The van der Waals surface area contributed by atoms with E-state index < -0.39 is 11.6 Å². The lowest BCUT2D eigenvalue weighted by Gasteiger charge is -2.13. The Hall–Kier alpha value is -2.82. The van der Waals surface area contributed by atoms with Crippen LogP contribution in [0.1, 0.15) is 10.4 Å². The summed E-state index contributed by atoms with van der Waals surface area (Å²) in [7, 11) is 3.89. The van der Waals surface area contributed by atoms with Gasteiger partial charge in [-0.3, -0.25) is 0 Å². The summed E-state index contributed by atoms with van der Waals surface area (Å²) in [5.74, 6) is -1.28. The van der Waals surface area contributed by atoms with Crippen LogP contribution in [0, 0.1) is 0 Å². The van der Waals surface area contributed by atoms with E-state index in [9.17, 15) is 9.59 Å². The Bertz CT molecular complexity index is 925. The molecule has 3 rings (SSSR count). The zero-order valence-corrected chi connectivity index (χ0v) is 11.6. The number of carboxylic acid groups (broad SMARTS) is 1. The van der Waals surface area contributed by atoms with Crippen LogP contribution in [0.5, 0.6) is 0 Å². The first-order valence-electron chi connectivity index (χ1n) is 6.38. The van der Waals surface area contributed by atoms with Gasteiger partial charge in [0.1, 0.15) is 11.1 Å². The summed E-state index contributed by atoms with van der Waals surface area (Å²) in [6.07, 6.45) is 0. The molecule has 0 saturated carbocycles. The molecular formula is C16H13NO4. The standard InChI is InChI=1S/C16H13NO4/c1-17(2)12-4-3-9-5-11-7-13(15(18)19)16(20)21-14(11)8-10(9)6-12/h3-8H,1-2H3,(H,18,19). The second kappa shape index (κ2) is 4.63. The number of hydrogen-bond donors (Lipinski definition) is 1. The first-order valence-corrected chi connectivity index (χ1v) is 6.38. The molecule has 0 saturated heterocycles. The van der Waals surface area contributed by atoms with E-state index >= 15 is 0 Å². The fourth-order valence-electron chi connectivity index (χ4n) is 2.28. The van der Waals surface area contributed by atoms with Crippen LogP contribution in [0.3, 0.4) is 0 Å². The summed E-state index contributed by atoms with van der Waals surface area (Å²) in [4.78, 5) is 24.6. The number of nitrogens with zero attached hydrogens (tertiary/aromatic N) is 1. The van der Waals surface area contributed by atoms with Crippen molar-refractivity contribution in [3.8, 4) is 0 Å². The fraction of sp³-hybridized carbons (Fsp3) is 0.125. The third-order valence-corrected chi connectivity index (χ3v) is 3.42. The van der Waals surface area contributed by atoms with Gasteiger partial charge in [0.25, 0.3) is 0 Å². The second-order valence-corrected chi connectivity index (χ2v) is 5.07. The van der Waals surface area contributed by atoms with Gasteiger partial charge in [-0.05, 0) is 41.1 Å². The minimum atomic E-state index is -1.28. The molecule has 5 nitrogen and oxygen atoms in total. The number of hydrogen-bond acceptors (Lipinski definition) is 4. The third-order valence-electron chi connectivity index (χ3n) is 3.42. The molecule has 0 unspecified atom stereocenters. The average Bonchev–Trinajstić information content (AvgIpc) is 2.43. The van der Waals surface area contributed by atoms with Gasteiger partial charge in [0.05, 0.1) is 0 Å². The number of aromatic carboxylic acids is 1. The SMILES string of the molecule is CN(C)c1ccc2cc3cc(C(=O)O)c(=O)oc3cc2c1. The van der Waals surface area contributed by atoms with Gasteiger partial charge in [-0.15, -0.1) is 0 Å². The van der Waals surface area contributed by atoms with Crippen LogP contribution >= 0.6 is 0 Å². The maximum absolute atomic E-state index is 11.6. The van der Waals surface area contributed by atoms with Crippen molar-refractivity contribution >= 4 is 33.4 Å². The van der Waals surface area contributed by atoms with Gasteiger partial charge in [0.2, 0.25) is 0 Å². The van der Waals surface area contributed by atoms with Crippen molar-refractivity contribution in [2.24, 2.45) is 0 Å². The van der Waals surface area contributed by atoms with Crippen LogP contribution in [-0.4, -0.2) is 25.2 Å². The molecule has 0 fully saturated rings. The van der Waals surface area contributed by atoms with E-state index in [4.69, 9.17) is 9.52 Å². The van der Waals surface area contributed by atoms with Gasteiger partial charge in [-0.25, -0.2) is 9.59 Å². The van der Waals surface area contributed by atoms with E-state index in [1.165, 1.54) is 6.07 Å². The van der Waals surface area contributed by atoms with E-state index in [-0.39, 0.29) is 5.56 Å². The normalized spacial score (nSPS) is 11.0. The monoisotopic (exact) mass is 283 g/mol. The van der Waals surface area contributed by atoms with Gasteiger partial charge in [-0.1, -0.05) is 6.07 Å². The summed E-state index contributed by atoms with van der Waals surface area (Å²) in [6.45, 7) is 0. The number of carbonyl (C=O) groups is 1. The first kappa shape index (κ1) is 13.2. The molecular weight excluding hydrogens is 270 g/mol. The molecule has 1 heterocycles. The van der Waals surface area contributed by atoms with Crippen LogP contribution in [0.4, 0.5) is 5.69 Å². The molecule has 0 aliphatic carbocycles. The van der Waals surface area contributed by atoms with Crippen LogP contribution in [0.15, 0.2) is 45.6 Å². The van der Waals surface area contributed by atoms with Crippen LogP contribution < -0.4 is 10.5 Å². The fourth-order valence-corrected chi connectivity index (χ4v) is 2.28. The van der Waals surface area contributed by atoms with Crippen molar-refractivity contribution in [2.75, 3.05) is 19.0 Å². The molecule has 0 amide bonds. The first-order chi connectivity index (χ1) is 9.95. The van der Waals surface area contributed by atoms with Crippen molar-refractivity contribution < 1.29 is 14.3 Å². The van der Waals surface area contributed by atoms with Crippen molar-refractivity contribution in [1.82, 2.24) is 0 Å². The lowest BCUT2D eigenvalue weighted by molar-refractivity contribution is 0.0692. The van der Waals surface area contributed by atoms with E-state index in [0.717, 1.165) is 16.5 Å². The molecule has 2 aromatic carbocycles. The third kappa shape index (κ3) is 2.23. The lowest BCUT2D eigenvalue weighted by Crippen LogP contribution is -2.12. The van der Waals surface area contributed by atoms with Crippen LogP contribution in [0.25, 0.3) is 21.7 Å². The molecule has 1 N–H and O–H groups in total. The molecule has 0 radical (unpaired) electrons. The summed E-state index contributed by atoms with van der Waals surface area (Å²) < 4.78 is 5.11. The number of rotatable bonds is 2. The molecule has 3 aromatic rings. The summed E-state index contributed by atoms with van der Waals surface area (Å²) in [6, 6.07) is 10.8. The topological polar surface area (TPSA) is 70.8 Å². The number of carboxylic acids is 1. The van der Waals surface area contributed by atoms with Gasteiger partial charge in [0.15, 0.2) is 0 Å². The highest BCUT2D eigenvalue weighted by molar-refractivity contribution is 5.99. The largest absolute Gasteiger partial charge is 0.477 e. The second-order valence-electron chi connectivity index (χ2n) is 5.07. The van der Waals surface area contributed by atoms with Gasteiger partial charge < -0.3 is 14.4 Å². The van der Waals surface area contributed by atoms with E-state index in [1.54, 1.807) is 6.07 Å². The van der Waals surface area contributed by atoms with E-state index in [2.05, 4.69) is 0 Å². The van der Waals surface area contributed by atoms with Gasteiger partial charge in [0, 0.05) is 25.2 Å². The molecule has 1 aromatic heterocycles. The summed E-state index contributed by atoms with van der Waals surface area (Å²) in [5.41, 5.74) is 0.227. The molecule has 0 aliphatic rings. The Balaban J connectivity index is 2.32. The Morgan fingerprint density at radius 3 is 2.48 bits per heavy atom. The summed E-state index contributed by atoms with van der Waals surface area (Å²) >= 11 is 0. The van der Waals surface area contributed by atoms with E-state index in [0.29, 0.717) is 11.0 Å². The molecule has 21 heavy (non-hydrogen) atoms. The van der Waals surface area contributed by atoms with Crippen molar-refractivity contribution in [3.63, 3.8) is 0 Å². The smallest absolute Gasteiger partial charge is 0.351 e. The molecule has 5 heteroatoms. The molecule has 0 aliphatic heterocycles. The number of fused-ring (bicyclic) bond motifs is 2. The van der Waals surface area contributed by atoms with Gasteiger partial charge >= 0.3 is 11.6 Å². The van der Waals surface area contributed by atoms with Crippen molar-refractivity contribution in [1.29, 1.82) is 0 Å². The van der Waals surface area contributed by atoms with Crippen molar-refractivity contribution in [3.05, 3.63) is 52.4 Å². The Labute approximate surface area is 120 Å². The van der Waals surface area contributed by atoms with E-state index in [1.807, 2.05) is 43.3 Å². The molecule has 0 spiro atoms. The zero-order valence-electron chi connectivity index (χ0n) is 11.6. The Kier molecular flexibility index (Phi) is 2.90. The highest BCUT2D eigenvalue weighted by Crippen LogP contribution is 2.26. The quantitative estimate of drug-likeness (QED) is 0.578. The Morgan fingerprint density at radius 2 is 1.81 bits per heavy atom. The number of benzene rings is 2. The molecule has 0 bridgehead atoms. The minimum absolute atomic E-state index is 0.355. The highest BCUT2D eigenvalue weighted by atomic mass is 16.4. The maximum Gasteiger partial charge on any atom is 0.351 e. The molecule has 106 valence electrons. The predicted octanol–water partition coefficient (Wildman–Crippen LogP) is 2.71. The summed E-state index contributed by atoms with van der Waals surface area (Å²) in [5, 5.41) is 11.5. The van der Waals surface area contributed by atoms with Crippen LogP contribution in [-0.2, 0) is 0 Å². The minimum Gasteiger partial charge on any atom is -0.477 e. The van der Waals surface area contributed by atoms with Crippen LogP contribution in [0.2, 0.25) is 0 Å². The van der Waals surface area contributed by atoms with Crippen molar-refractivity contribution in [2.45, 2.75) is 0 Å². The molecule has 0 atom stereocenters. The Morgan fingerprint density at radius 1 is 1.05 bits per heavy atom. The highest BCUT2D eigenvalue weighted by Gasteiger charge is 2.12. The average molecular weight is 283 g/mol. The zero-order chi connectivity index (χ0) is 15.1. The van der Waals surface area contributed by atoms with Gasteiger partial charge in [-0.2, -0.15) is 0 Å². The lowest BCUT2D eigenvalue weighted by atomic mass is 10.1. The maximum atomic E-state index is 11.6.